The zero-order valence-corrected chi connectivity index (χ0v) is 13.3. The second kappa shape index (κ2) is 6.14. The highest BCUT2D eigenvalue weighted by atomic mass is 16.3. The van der Waals surface area contributed by atoms with E-state index in [9.17, 15) is 15.0 Å². The number of fused-ring (bicyclic) bond motifs is 1. The number of aliphatic hydroxyl groups excluding tert-OH is 2. The summed E-state index contributed by atoms with van der Waals surface area (Å²) >= 11 is 0. The molecule has 1 aliphatic heterocycles. The number of hydrogen-bond donors (Lipinski definition) is 2. The summed E-state index contributed by atoms with van der Waals surface area (Å²) in [5, 5.41) is 20.0. The summed E-state index contributed by atoms with van der Waals surface area (Å²) in [5.41, 5.74) is 1.34. The highest BCUT2D eigenvalue weighted by molar-refractivity contribution is 6.07. The van der Waals surface area contributed by atoms with Gasteiger partial charge in [-0.15, -0.1) is 0 Å². The first-order valence-corrected chi connectivity index (χ1v) is 7.66. The SMILES string of the molecule is CN(C)c1cc(C(=O)N2CC(O)C(CO)C2)c2ccccc2n1. The molecule has 0 radical (unpaired) electrons. The minimum atomic E-state index is -0.676. The molecule has 2 heterocycles. The van der Waals surface area contributed by atoms with E-state index in [2.05, 4.69) is 4.98 Å². The van der Waals surface area contributed by atoms with Crippen molar-refractivity contribution >= 4 is 22.6 Å². The van der Waals surface area contributed by atoms with Crippen LogP contribution in [0.2, 0.25) is 0 Å². The van der Waals surface area contributed by atoms with Crippen LogP contribution in [0.25, 0.3) is 10.9 Å². The lowest BCUT2D eigenvalue weighted by Crippen LogP contribution is -2.30. The maximum atomic E-state index is 12.9. The van der Waals surface area contributed by atoms with Gasteiger partial charge in [-0.25, -0.2) is 4.98 Å². The Bertz CT molecular complexity index is 732. The Balaban J connectivity index is 2.03. The minimum Gasteiger partial charge on any atom is -0.396 e. The highest BCUT2D eigenvalue weighted by Crippen LogP contribution is 2.26. The fourth-order valence-corrected chi connectivity index (χ4v) is 2.94. The molecule has 1 amide bonds. The average molecular weight is 315 g/mol. The lowest BCUT2D eigenvalue weighted by atomic mass is 10.1. The predicted octanol–water partition coefficient (Wildman–Crippen LogP) is 0.726. The molecule has 0 aliphatic carbocycles. The van der Waals surface area contributed by atoms with E-state index in [4.69, 9.17) is 0 Å². The highest BCUT2D eigenvalue weighted by Gasteiger charge is 2.34. The van der Waals surface area contributed by atoms with Crippen molar-refractivity contribution < 1.29 is 15.0 Å². The molecule has 1 aromatic heterocycles. The van der Waals surface area contributed by atoms with Gasteiger partial charge in [-0.2, -0.15) is 0 Å². The van der Waals surface area contributed by atoms with Gasteiger partial charge in [-0.3, -0.25) is 4.79 Å². The standard InChI is InChI=1S/C17H21N3O3/c1-19(2)16-7-13(12-5-3-4-6-14(12)18-16)17(23)20-8-11(10-21)15(22)9-20/h3-7,11,15,21-22H,8-10H2,1-2H3. The number of carbonyl (C=O) groups excluding carboxylic acids is 1. The van der Waals surface area contributed by atoms with Gasteiger partial charge in [0.05, 0.1) is 23.8 Å². The van der Waals surface area contributed by atoms with Gasteiger partial charge in [0.2, 0.25) is 0 Å². The van der Waals surface area contributed by atoms with Crippen LogP contribution in [0.15, 0.2) is 30.3 Å². The van der Waals surface area contributed by atoms with Crippen LogP contribution in [0.4, 0.5) is 5.82 Å². The number of hydrogen-bond acceptors (Lipinski definition) is 5. The Labute approximate surface area is 135 Å². The molecule has 1 saturated heterocycles. The van der Waals surface area contributed by atoms with Gasteiger partial charge < -0.3 is 20.0 Å². The monoisotopic (exact) mass is 315 g/mol. The smallest absolute Gasteiger partial charge is 0.254 e. The first kappa shape index (κ1) is 15.7. The van der Waals surface area contributed by atoms with Gasteiger partial charge in [0.15, 0.2) is 0 Å². The Morgan fingerprint density at radius 3 is 2.74 bits per heavy atom. The van der Waals surface area contributed by atoms with Crippen molar-refractivity contribution in [2.45, 2.75) is 6.10 Å². The second-order valence-corrected chi connectivity index (χ2v) is 6.16. The molecule has 2 aromatic rings. The third-order valence-corrected chi connectivity index (χ3v) is 4.32. The molecule has 122 valence electrons. The number of β-amino-alcohol motifs (C(OH)–C–C–N with tert-alkyl or cyclic N) is 1. The summed E-state index contributed by atoms with van der Waals surface area (Å²) < 4.78 is 0. The number of pyridine rings is 1. The molecule has 1 aliphatic rings. The molecular formula is C17H21N3O3. The van der Waals surface area contributed by atoms with Gasteiger partial charge in [0.25, 0.3) is 5.91 Å². The second-order valence-electron chi connectivity index (χ2n) is 6.16. The van der Waals surface area contributed by atoms with E-state index in [1.54, 1.807) is 11.0 Å². The number of anilines is 1. The van der Waals surface area contributed by atoms with Gasteiger partial charge in [-0.05, 0) is 12.1 Å². The third kappa shape index (κ3) is 2.87. The van der Waals surface area contributed by atoms with Crippen LogP contribution in [-0.4, -0.2) is 65.9 Å². The van der Waals surface area contributed by atoms with Crippen LogP contribution < -0.4 is 4.90 Å². The van der Waals surface area contributed by atoms with E-state index >= 15 is 0 Å². The fraction of sp³-hybridized carbons (Fsp3) is 0.412. The van der Waals surface area contributed by atoms with E-state index in [0.29, 0.717) is 17.9 Å². The molecule has 3 rings (SSSR count). The van der Waals surface area contributed by atoms with Crippen LogP contribution >= 0.6 is 0 Å². The number of likely N-dealkylation sites (tertiary alicyclic amines) is 1. The summed E-state index contributed by atoms with van der Waals surface area (Å²) in [5.74, 6) is 0.299. The zero-order valence-electron chi connectivity index (χ0n) is 13.3. The Kier molecular flexibility index (Phi) is 4.19. The Morgan fingerprint density at radius 2 is 2.09 bits per heavy atom. The molecule has 1 fully saturated rings. The van der Waals surface area contributed by atoms with Gasteiger partial charge in [0, 0.05) is 38.5 Å². The van der Waals surface area contributed by atoms with Crippen molar-refractivity contribution in [3.05, 3.63) is 35.9 Å². The van der Waals surface area contributed by atoms with Gasteiger partial charge >= 0.3 is 0 Å². The third-order valence-electron chi connectivity index (χ3n) is 4.32. The van der Waals surface area contributed by atoms with E-state index < -0.39 is 6.10 Å². The van der Waals surface area contributed by atoms with Crippen LogP contribution in [-0.2, 0) is 0 Å². The average Bonchev–Trinajstić information content (AvgIpc) is 2.94. The molecule has 2 atom stereocenters. The first-order valence-electron chi connectivity index (χ1n) is 7.66. The molecule has 1 aromatic carbocycles. The maximum absolute atomic E-state index is 12.9. The van der Waals surface area contributed by atoms with Crippen molar-refractivity contribution in [3.8, 4) is 0 Å². The summed E-state index contributed by atoms with van der Waals surface area (Å²) in [7, 11) is 3.76. The molecule has 2 N–H and O–H groups in total. The van der Waals surface area contributed by atoms with Crippen LogP contribution in [0.3, 0.4) is 0 Å². The first-order chi connectivity index (χ1) is 11.0. The molecule has 0 saturated carbocycles. The van der Waals surface area contributed by atoms with Crippen molar-refractivity contribution in [3.63, 3.8) is 0 Å². The van der Waals surface area contributed by atoms with Crippen molar-refractivity contribution in [2.75, 3.05) is 38.7 Å². The molecule has 6 heteroatoms. The number of benzene rings is 1. The number of carbonyl (C=O) groups is 1. The van der Waals surface area contributed by atoms with Crippen LogP contribution in [0, 0.1) is 5.92 Å². The number of nitrogens with zero attached hydrogens (tertiary/aromatic N) is 3. The molecular weight excluding hydrogens is 294 g/mol. The van der Waals surface area contributed by atoms with E-state index in [-0.39, 0.29) is 25.0 Å². The van der Waals surface area contributed by atoms with E-state index in [0.717, 1.165) is 10.9 Å². The molecule has 0 spiro atoms. The number of amides is 1. The van der Waals surface area contributed by atoms with E-state index in [1.807, 2.05) is 43.3 Å². The number of rotatable bonds is 3. The Hall–Kier alpha value is -2.18. The zero-order chi connectivity index (χ0) is 16.6. The van der Waals surface area contributed by atoms with Crippen molar-refractivity contribution in [2.24, 2.45) is 5.92 Å². The molecule has 23 heavy (non-hydrogen) atoms. The van der Waals surface area contributed by atoms with Crippen molar-refractivity contribution in [1.82, 2.24) is 9.88 Å². The van der Waals surface area contributed by atoms with E-state index in [1.165, 1.54) is 0 Å². The lowest BCUT2D eigenvalue weighted by Gasteiger charge is -2.19. The molecule has 6 nitrogen and oxygen atoms in total. The summed E-state index contributed by atoms with van der Waals surface area (Å²) in [6.07, 6.45) is -0.676. The maximum Gasteiger partial charge on any atom is 0.254 e. The normalized spacial score (nSPS) is 21.0. The Morgan fingerprint density at radius 1 is 1.35 bits per heavy atom. The molecule has 2 unspecified atom stereocenters. The van der Waals surface area contributed by atoms with Crippen molar-refractivity contribution in [1.29, 1.82) is 0 Å². The van der Waals surface area contributed by atoms with Crippen LogP contribution in [0.5, 0.6) is 0 Å². The van der Waals surface area contributed by atoms with Crippen LogP contribution in [0.1, 0.15) is 10.4 Å². The number of para-hydroxylation sites is 1. The predicted molar refractivity (Wildman–Crippen MR) is 88.6 cm³/mol. The fourth-order valence-electron chi connectivity index (χ4n) is 2.94. The number of aromatic nitrogens is 1. The van der Waals surface area contributed by atoms with Gasteiger partial charge in [0.1, 0.15) is 5.82 Å². The number of aliphatic hydroxyl groups is 2. The quantitative estimate of drug-likeness (QED) is 0.873. The lowest BCUT2D eigenvalue weighted by molar-refractivity contribution is 0.0765. The summed E-state index contributed by atoms with van der Waals surface area (Å²) in [4.78, 5) is 20.9. The largest absolute Gasteiger partial charge is 0.396 e. The summed E-state index contributed by atoms with van der Waals surface area (Å²) in [6.45, 7) is 0.493. The van der Waals surface area contributed by atoms with Gasteiger partial charge in [-0.1, -0.05) is 18.2 Å². The topological polar surface area (TPSA) is 76.9 Å². The minimum absolute atomic E-state index is 0.120. The summed E-state index contributed by atoms with van der Waals surface area (Å²) in [6, 6.07) is 9.32. The molecule has 0 bridgehead atoms.